The smallest absolute Gasteiger partial charge is 0.480 e. The van der Waals surface area contributed by atoms with Gasteiger partial charge in [0.15, 0.2) is 11.5 Å². The van der Waals surface area contributed by atoms with Crippen molar-refractivity contribution in [2.75, 3.05) is 0 Å². The summed E-state index contributed by atoms with van der Waals surface area (Å²) in [5, 5.41) is 9.58. The van der Waals surface area contributed by atoms with Gasteiger partial charge >= 0.3 is 24.2 Å². The predicted octanol–water partition coefficient (Wildman–Crippen LogP) is 4.40. The Morgan fingerprint density at radius 2 is 1.39 bits per heavy atom. The minimum absolute atomic E-state index is 0.0706. The van der Waals surface area contributed by atoms with Crippen LogP contribution in [0.2, 0.25) is 0 Å². The Balaban J connectivity index is 3.34. The van der Waals surface area contributed by atoms with Crippen LogP contribution in [-0.4, -0.2) is 53.7 Å². The lowest BCUT2D eigenvalue weighted by Gasteiger charge is -2.26. The SMILES string of the molecule is CCC(C)C(=O)OC(C)CC(c1ccc(OC(=O)OC(C)C)c(OC(=O)OC(C)C)c1)[C@H](N)C(=O)O. The molecule has 0 amide bonds. The molecule has 0 saturated carbocycles. The van der Waals surface area contributed by atoms with Gasteiger partial charge in [-0.1, -0.05) is 19.9 Å². The van der Waals surface area contributed by atoms with Crippen LogP contribution in [0.5, 0.6) is 11.5 Å². The molecule has 0 bridgehead atoms. The normalized spacial score (nSPS) is 14.4. The lowest BCUT2D eigenvalue weighted by Crippen LogP contribution is -2.38. The van der Waals surface area contributed by atoms with E-state index < -0.39 is 54.5 Å². The van der Waals surface area contributed by atoms with Crippen molar-refractivity contribution < 1.29 is 48.0 Å². The molecule has 0 aromatic heterocycles. The van der Waals surface area contributed by atoms with E-state index in [9.17, 15) is 24.3 Å². The van der Waals surface area contributed by atoms with E-state index in [1.165, 1.54) is 18.2 Å². The predicted molar refractivity (Wildman–Crippen MR) is 129 cm³/mol. The highest BCUT2D eigenvalue weighted by Crippen LogP contribution is 2.35. The lowest BCUT2D eigenvalue weighted by atomic mass is 9.87. The van der Waals surface area contributed by atoms with Crippen LogP contribution in [0.4, 0.5) is 9.59 Å². The largest absolute Gasteiger partial charge is 0.514 e. The van der Waals surface area contributed by atoms with Crippen LogP contribution in [0, 0.1) is 5.92 Å². The molecule has 36 heavy (non-hydrogen) atoms. The Kier molecular flexibility index (Phi) is 12.2. The van der Waals surface area contributed by atoms with E-state index in [2.05, 4.69) is 0 Å². The molecule has 4 atom stereocenters. The van der Waals surface area contributed by atoms with E-state index in [4.69, 9.17) is 29.4 Å². The van der Waals surface area contributed by atoms with Gasteiger partial charge in [-0.3, -0.25) is 9.59 Å². The zero-order chi connectivity index (χ0) is 27.6. The second-order valence-corrected chi connectivity index (χ2v) is 9.01. The number of carboxylic acid groups (broad SMARTS) is 1. The van der Waals surface area contributed by atoms with Crippen LogP contribution in [-0.2, 0) is 23.8 Å². The molecule has 0 aliphatic heterocycles. The molecule has 3 N–H and O–H groups in total. The van der Waals surface area contributed by atoms with Gasteiger partial charge in [0, 0.05) is 5.92 Å². The number of carbonyl (C=O) groups is 4. The fourth-order valence-corrected chi connectivity index (χ4v) is 3.08. The molecule has 0 heterocycles. The minimum Gasteiger partial charge on any atom is -0.480 e. The Hall–Kier alpha value is -3.34. The quantitative estimate of drug-likeness (QED) is 0.232. The van der Waals surface area contributed by atoms with E-state index in [1.54, 1.807) is 41.5 Å². The van der Waals surface area contributed by atoms with Crippen molar-refractivity contribution in [1.82, 2.24) is 0 Å². The molecule has 1 aromatic rings. The van der Waals surface area contributed by atoms with Crippen molar-refractivity contribution in [3.63, 3.8) is 0 Å². The summed E-state index contributed by atoms with van der Waals surface area (Å²) < 4.78 is 25.8. The molecule has 0 aliphatic carbocycles. The highest BCUT2D eigenvalue weighted by Gasteiger charge is 2.31. The van der Waals surface area contributed by atoms with E-state index in [-0.39, 0.29) is 23.8 Å². The maximum Gasteiger partial charge on any atom is 0.514 e. The monoisotopic (exact) mass is 511 g/mol. The zero-order valence-corrected chi connectivity index (χ0v) is 21.8. The summed E-state index contributed by atoms with van der Waals surface area (Å²) in [6.07, 6.45) is -3.01. The Labute approximate surface area is 211 Å². The van der Waals surface area contributed by atoms with Crippen LogP contribution < -0.4 is 15.2 Å². The molecule has 1 aromatic carbocycles. The van der Waals surface area contributed by atoms with E-state index in [1.807, 2.05) is 6.92 Å². The highest BCUT2D eigenvalue weighted by molar-refractivity contribution is 5.75. The maximum absolute atomic E-state index is 12.2. The van der Waals surface area contributed by atoms with Crippen molar-refractivity contribution in [1.29, 1.82) is 0 Å². The van der Waals surface area contributed by atoms with Crippen molar-refractivity contribution in [3.05, 3.63) is 23.8 Å². The summed E-state index contributed by atoms with van der Waals surface area (Å²) in [7, 11) is 0. The number of nitrogens with two attached hydrogens (primary N) is 1. The average Bonchev–Trinajstić information content (AvgIpc) is 2.76. The molecule has 11 heteroatoms. The van der Waals surface area contributed by atoms with Crippen LogP contribution in [0.25, 0.3) is 0 Å². The number of benzene rings is 1. The molecule has 0 saturated heterocycles. The molecular formula is C25H37NO10. The number of hydrogen-bond acceptors (Lipinski definition) is 10. The molecule has 1 rings (SSSR count). The minimum atomic E-state index is -1.37. The summed E-state index contributed by atoms with van der Waals surface area (Å²) in [5.41, 5.74) is 6.33. The van der Waals surface area contributed by atoms with Crippen LogP contribution >= 0.6 is 0 Å². The number of aliphatic carboxylic acids is 1. The highest BCUT2D eigenvalue weighted by atomic mass is 16.7. The summed E-state index contributed by atoms with van der Waals surface area (Å²) >= 11 is 0. The molecule has 0 radical (unpaired) electrons. The van der Waals surface area contributed by atoms with Crippen molar-refractivity contribution in [2.45, 2.75) is 91.6 Å². The van der Waals surface area contributed by atoms with E-state index in [0.29, 0.717) is 12.0 Å². The number of esters is 1. The van der Waals surface area contributed by atoms with Gasteiger partial charge < -0.3 is 34.5 Å². The fourth-order valence-electron chi connectivity index (χ4n) is 3.08. The molecule has 0 aliphatic rings. The van der Waals surface area contributed by atoms with Gasteiger partial charge in [-0.2, -0.15) is 0 Å². The third-order valence-electron chi connectivity index (χ3n) is 5.08. The van der Waals surface area contributed by atoms with Gasteiger partial charge in [0.2, 0.25) is 0 Å². The van der Waals surface area contributed by atoms with Gasteiger partial charge in [0.05, 0.1) is 24.2 Å². The molecule has 11 nitrogen and oxygen atoms in total. The summed E-state index contributed by atoms with van der Waals surface area (Å²) in [4.78, 5) is 48.1. The first-order chi connectivity index (χ1) is 16.7. The number of carboxylic acids is 1. The molecule has 202 valence electrons. The first-order valence-electron chi connectivity index (χ1n) is 11.8. The van der Waals surface area contributed by atoms with Crippen LogP contribution in [0.3, 0.4) is 0 Å². The van der Waals surface area contributed by atoms with Crippen LogP contribution in [0.15, 0.2) is 18.2 Å². The number of carbonyl (C=O) groups excluding carboxylic acids is 3. The Bertz CT molecular complexity index is 914. The molecular weight excluding hydrogens is 474 g/mol. The van der Waals surface area contributed by atoms with Crippen molar-refractivity contribution in [3.8, 4) is 11.5 Å². The van der Waals surface area contributed by atoms with Crippen molar-refractivity contribution >= 4 is 24.2 Å². The lowest BCUT2D eigenvalue weighted by molar-refractivity contribution is -0.153. The first kappa shape index (κ1) is 30.7. The Morgan fingerprint density at radius 1 is 0.861 bits per heavy atom. The van der Waals surface area contributed by atoms with Crippen molar-refractivity contribution in [2.24, 2.45) is 11.7 Å². The zero-order valence-electron chi connectivity index (χ0n) is 21.8. The molecule has 3 unspecified atom stereocenters. The Morgan fingerprint density at radius 3 is 1.86 bits per heavy atom. The first-order valence-corrected chi connectivity index (χ1v) is 11.8. The van der Waals surface area contributed by atoms with E-state index >= 15 is 0 Å². The van der Waals surface area contributed by atoms with Gasteiger partial charge in [0.25, 0.3) is 0 Å². The van der Waals surface area contributed by atoms with E-state index in [0.717, 1.165) is 0 Å². The molecule has 0 spiro atoms. The number of ether oxygens (including phenoxy) is 5. The summed E-state index contributed by atoms with van der Waals surface area (Å²) in [6, 6.07) is 2.76. The topological polar surface area (TPSA) is 161 Å². The fraction of sp³-hybridized carbons (Fsp3) is 0.600. The second kappa shape index (κ2) is 14.3. The third kappa shape index (κ3) is 10.1. The van der Waals surface area contributed by atoms with Gasteiger partial charge in [-0.25, -0.2) is 9.59 Å². The second-order valence-electron chi connectivity index (χ2n) is 9.01. The maximum atomic E-state index is 12.2. The summed E-state index contributed by atoms with van der Waals surface area (Å²) in [6.45, 7) is 11.7. The number of hydrogen-bond donors (Lipinski definition) is 2. The number of rotatable bonds is 12. The third-order valence-corrected chi connectivity index (χ3v) is 5.08. The summed E-state index contributed by atoms with van der Waals surface area (Å²) in [5.74, 6) is -3.19. The van der Waals surface area contributed by atoms with Gasteiger partial charge in [-0.15, -0.1) is 0 Å². The average molecular weight is 512 g/mol. The van der Waals surface area contributed by atoms with Gasteiger partial charge in [0.1, 0.15) is 6.04 Å². The van der Waals surface area contributed by atoms with Gasteiger partial charge in [-0.05, 0) is 65.2 Å². The standard InChI is InChI=1S/C25H37NO10/c1-8-15(6)23(29)34-16(7)11-18(21(26)22(27)28)17-9-10-19(35-24(30)32-13(2)3)20(12-17)36-25(31)33-14(4)5/h9-10,12-16,18,21H,8,11,26H2,1-7H3,(H,27,28)/t15?,16?,18?,21-/m0/s1. The van der Waals surface area contributed by atoms with Crippen LogP contribution in [0.1, 0.15) is 72.8 Å². The molecule has 0 fully saturated rings.